The van der Waals surface area contributed by atoms with Crippen molar-refractivity contribution >= 4 is 41.5 Å². The van der Waals surface area contributed by atoms with Gasteiger partial charge in [0, 0.05) is 52.5 Å². The van der Waals surface area contributed by atoms with Gasteiger partial charge in [-0.3, -0.25) is 4.79 Å². The number of nitrogens with one attached hydrogen (secondary N) is 2. The van der Waals surface area contributed by atoms with Crippen LogP contribution in [0.5, 0.6) is 5.75 Å². The zero-order valence-corrected chi connectivity index (χ0v) is 17.7. The molecular formula is C17H29IN4O3. The number of likely N-dealkylation sites (N-methyl/N-ethyl adjacent to an activating group) is 1. The van der Waals surface area contributed by atoms with Crippen molar-refractivity contribution in [3.05, 3.63) is 24.3 Å². The van der Waals surface area contributed by atoms with Gasteiger partial charge in [0.15, 0.2) is 5.96 Å². The lowest BCUT2D eigenvalue weighted by atomic mass is 10.3. The number of hydrogen-bond acceptors (Lipinski definition) is 4. The van der Waals surface area contributed by atoms with E-state index in [9.17, 15) is 4.79 Å². The lowest BCUT2D eigenvalue weighted by Gasteiger charge is -2.13. The zero-order chi connectivity index (χ0) is 17.8. The van der Waals surface area contributed by atoms with Crippen LogP contribution < -0.4 is 15.4 Å². The van der Waals surface area contributed by atoms with E-state index in [2.05, 4.69) is 15.6 Å². The molecule has 0 saturated carbocycles. The minimum absolute atomic E-state index is 0. The van der Waals surface area contributed by atoms with Gasteiger partial charge in [-0.15, -0.1) is 24.0 Å². The molecule has 0 unspecified atom stereocenters. The molecule has 0 atom stereocenters. The largest absolute Gasteiger partial charge is 0.493 e. The number of amides is 1. The minimum atomic E-state index is -0.0533. The smallest absolute Gasteiger partial charge is 0.243 e. The maximum absolute atomic E-state index is 11.7. The highest BCUT2D eigenvalue weighted by molar-refractivity contribution is 14.0. The number of nitrogens with zero attached hydrogens (tertiary/aromatic N) is 2. The molecule has 0 aliphatic rings. The van der Waals surface area contributed by atoms with E-state index in [0.717, 1.165) is 17.9 Å². The van der Waals surface area contributed by atoms with Gasteiger partial charge in [0.25, 0.3) is 0 Å². The summed E-state index contributed by atoms with van der Waals surface area (Å²) in [5, 5.41) is 6.30. The topological polar surface area (TPSA) is 75.2 Å². The summed E-state index contributed by atoms with van der Waals surface area (Å²) in [4.78, 5) is 17.5. The zero-order valence-electron chi connectivity index (χ0n) is 15.4. The summed E-state index contributed by atoms with van der Waals surface area (Å²) in [6.45, 7) is 4.04. The van der Waals surface area contributed by atoms with Gasteiger partial charge in [0.1, 0.15) is 12.3 Å². The summed E-state index contributed by atoms with van der Waals surface area (Å²) in [6, 6.07) is 7.62. The number of aliphatic imine (C=N–C) groups is 1. The number of rotatable bonds is 9. The van der Waals surface area contributed by atoms with Crippen LogP contribution in [0.1, 0.15) is 13.3 Å². The van der Waals surface area contributed by atoms with Crippen molar-refractivity contribution in [2.24, 2.45) is 4.99 Å². The number of carbonyl (C=O) groups is 1. The first-order valence-corrected chi connectivity index (χ1v) is 8.04. The molecule has 8 heteroatoms. The molecule has 1 rings (SSSR count). The number of anilines is 1. The molecule has 0 bridgehead atoms. The molecule has 0 aliphatic carbocycles. The lowest BCUT2D eigenvalue weighted by Crippen LogP contribution is -2.32. The predicted molar refractivity (Wildman–Crippen MR) is 112 cm³/mol. The fraction of sp³-hybridized carbons (Fsp3) is 0.529. The first-order chi connectivity index (χ1) is 11.6. The average molecular weight is 464 g/mol. The standard InChI is InChI=1S/C17H28N4O3.HI/c1-5-18-17(19-13-16(22)21(2)3)20-14-8-6-9-15(12-14)24-11-7-10-23-4;/h6,8-9,12H,5,7,10-11,13H2,1-4H3,(H2,18,19,20);1H. The molecule has 0 saturated heterocycles. The van der Waals surface area contributed by atoms with Crippen LogP contribution in [-0.2, 0) is 9.53 Å². The second kappa shape index (κ2) is 13.7. The molecule has 142 valence electrons. The van der Waals surface area contributed by atoms with Crippen LogP contribution in [-0.4, -0.2) is 64.3 Å². The van der Waals surface area contributed by atoms with E-state index in [1.807, 2.05) is 31.2 Å². The van der Waals surface area contributed by atoms with Gasteiger partial charge >= 0.3 is 0 Å². The van der Waals surface area contributed by atoms with Crippen LogP contribution in [0.25, 0.3) is 0 Å². The lowest BCUT2D eigenvalue weighted by molar-refractivity contribution is -0.127. The Hall–Kier alpha value is -1.55. The highest BCUT2D eigenvalue weighted by atomic mass is 127. The Morgan fingerprint density at radius 3 is 2.68 bits per heavy atom. The van der Waals surface area contributed by atoms with Gasteiger partial charge < -0.3 is 25.0 Å². The van der Waals surface area contributed by atoms with Crippen molar-refractivity contribution in [1.82, 2.24) is 10.2 Å². The van der Waals surface area contributed by atoms with Crippen molar-refractivity contribution in [2.75, 3.05) is 52.8 Å². The van der Waals surface area contributed by atoms with E-state index in [-0.39, 0.29) is 36.4 Å². The summed E-state index contributed by atoms with van der Waals surface area (Å²) in [5.41, 5.74) is 0.844. The van der Waals surface area contributed by atoms with Gasteiger partial charge in [0.05, 0.1) is 6.61 Å². The molecule has 7 nitrogen and oxygen atoms in total. The van der Waals surface area contributed by atoms with E-state index in [1.165, 1.54) is 4.90 Å². The summed E-state index contributed by atoms with van der Waals surface area (Å²) in [6.07, 6.45) is 0.838. The normalized spacial score (nSPS) is 10.6. The third-order valence-corrected chi connectivity index (χ3v) is 3.07. The Kier molecular flexibility index (Phi) is 12.9. The highest BCUT2D eigenvalue weighted by Gasteiger charge is 2.05. The maximum Gasteiger partial charge on any atom is 0.243 e. The first kappa shape index (κ1) is 23.4. The third kappa shape index (κ3) is 10.1. The molecule has 0 aliphatic heterocycles. The SMILES string of the molecule is CCNC(=NCC(=O)N(C)C)Nc1cccc(OCCCOC)c1.I. The van der Waals surface area contributed by atoms with Gasteiger partial charge in [-0.1, -0.05) is 6.07 Å². The van der Waals surface area contributed by atoms with Crippen molar-refractivity contribution < 1.29 is 14.3 Å². The van der Waals surface area contributed by atoms with Gasteiger partial charge in [-0.05, 0) is 19.1 Å². The minimum Gasteiger partial charge on any atom is -0.493 e. The van der Waals surface area contributed by atoms with Crippen LogP contribution in [0.2, 0.25) is 0 Å². The molecule has 1 amide bonds. The summed E-state index contributed by atoms with van der Waals surface area (Å²) < 4.78 is 10.7. The second-order valence-electron chi connectivity index (χ2n) is 5.33. The van der Waals surface area contributed by atoms with Crippen molar-refractivity contribution in [3.63, 3.8) is 0 Å². The van der Waals surface area contributed by atoms with E-state index >= 15 is 0 Å². The molecule has 0 radical (unpaired) electrons. The third-order valence-electron chi connectivity index (χ3n) is 3.07. The fourth-order valence-electron chi connectivity index (χ4n) is 1.79. The number of ether oxygens (including phenoxy) is 2. The summed E-state index contributed by atoms with van der Waals surface area (Å²) in [7, 11) is 5.10. The van der Waals surface area contributed by atoms with E-state index < -0.39 is 0 Å². The molecule has 0 heterocycles. The molecule has 0 fully saturated rings. The first-order valence-electron chi connectivity index (χ1n) is 8.04. The van der Waals surface area contributed by atoms with Gasteiger partial charge in [0.2, 0.25) is 5.91 Å². The quantitative estimate of drug-likeness (QED) is 0.254. The maximum atomic E-state index is 11.7. The molecule has 1 aromatic rings. The number of methoxy groups -OCH3 is 1. The summed E-state index contributed by atoms with van der Waals surface area (Å²) in [5.74, 6) is 1.28. The molecule has 0 aromatic heterocycles. The van der Waals surface area contributed by atoms with Crippen molar-refractivity contribution in [2.45, 2.75) is 13.3 Å². The van der Waals surface area contributed by atoms with Crippen molar-refractivity contribution in [3.8, 4) is 5.75 Å². The number of guanidine groups is 1. The van der Waals surface area contributed by atoms with Crippen LogP contribution in [0.15, 0.2) is 29.3 Å². The highest BCUT2D eigenvalue weighted by Crippen LogP contribution is 2.17. The monoisotopic (exact) mass is 464 g/mol. The Balaban J connectivity index is 0.00000576. The molecular weight excluding hydrogens is 435 g/mol. The van der Waals surface area contributed by atoms with Crippen molar-refractivity contribution in [1.29, 1.82) is 0 Å². The Morgan fingerprint density at radius 2 is 2.04 bits per heavy atom. The van der Waals surface area contributed by atoms with Crippen LogP contribution in [0, 0.1) is 0 Å². The molecule has 0 spiro atoms. The predicted octanol–water partition coefficient (Wildman–Crippen LogP) is 2.19. The fourth-order valence-corrected chi connectivity index (χ4v) is 1.79. The number of benzene rings is 1. The van der Waals surface area contributed by atoms with Crippen LogP contribution in [0.4, 0.5) is 5.69 Å². The molecule has 1 aromatic carbocycles. The Labute approximate surface area is 167 Å². The summed E-state index contributed by atoms with van der Waals surface area (Å²) >= 11 is 0. The van der Waals surface area contributed by atoms with Gasteiger partial charge in [-0.2, -0.15) is 0 Å². The Bertz CT molecular complexity index is 538. The van der Waals surface area contributed by atoms with Gasteiger partial charge in [-0.25, -0.2) is 4.99 Å². The number of carbonyl (C=O) groups excluding carboxylic acids is 1. The second-order valence-corrected chi connectivity index (χ2v) is 5.33. The van der Waals surface area contributed by atoms with E-state index in [0.29, 0.717) is 25.7 Å². The Morgan fingerprint density at radius 1 is 1.28 bits per heavy atom. The molecule has 25 heavy (non-hydrogen) atoms. The average Bonchev–Trinajstić information content (AvgIpc) is 2.57. The number of hydrogen-bond donors (Lipinski definition) is 2. The number of halogens is 1. The molecule has 2 N–H and O–H groups in total. The van der Waals surface area contributed by atoms with Crippen LogP contribution >= 0.6 is 24.0 Å². The van der Waals surface area contributed by atoms with E-state index in [1.54, 1.807) is 21.2 Å². The van der Waals surface area contributed by atoms with Crippen LogP contribution in [0.3, 0.4) is 0 Å². The van der Waals surface area contributed by atoms with E-state index in [4.69, 9.17) is 9.47 Å².